The Bertz CT molecular complexity index is 863. The van der Waals surface area contributed by atoms with Gasteiger partial charge in [-0.15, -0.1) is 0 Å². The molecule has 1 rings (SSSR count). The number of nitrogens with two attached hydrogens (primary N) is 1. The maximum absolute atomic E-state index is 12.3. The van der Waals surface area contributed by atoms with Crippen molar-refractivity contribution >= 4 is 28.1 Å². The molecule has 0 aliphatic heterocycles. The highest BCUT2D eigenvalue weighted by molar-refractivity contribution is 7.87. The van der Waals surface area contributed by atoms with Crippen LogP contribution in [-0.2, 0) is 35.0 Å². The van der Waals surface area contributed by atoms with Gasteiger partial charge in [0.15, 0.2) is 0 Å². The first-order valence-electron chi connectivity index (χ1n) is 9.41. The molecular formula is C19H29N3O7S. The van der Waals surface area contributed by atoms with Crippen LogP contribution in [0.15, 0.2) is 29.2 Å². The second-order valence-corrected chi connectivity index (χ2v) is 8.94. The first kappa shape index (κ1) is 25.4. The van der Waals surface area contributed by atoms with Crippen molar-refractivity contribution in [3.63, 3.8) is 0 Å². The lowest BCUT2D eigenvalue weighted by molar-refractivity contribution is -0.134. The van der Waals surface area contributed by atoms with E-state index in [9.17, 15) is 22.8 Å². The molecule has 0 bridgehead atoms. The van der Waals surface area contributed by atoms with Crippen molar-refractivity contribution in [3.8, 4) is 0 Å². The Balaban J connectivity index is 2.47. The van der Waals surface area contributed by atoms with Gasteiger partial charge in [0, 0.05) is 13.0 Å². The molecule has 1 atom stereocenters. The minimum absolute atomic E-state index is 0.0000934. The number of hydrogen-bond donors (Lipinski definition) is 3. The number of amides is 2. The summed E-state index contributed by atoms with van der Waals surface area (Å²) < 4.78 is 34.2. The van der Waals surface area contributed by atoms with Crippen LogP contribution in [0, 0.1) is 0 Å². The molecule has 30 heavy (non-hydrogen) atoms. The Morgan fingerprint density at radius 3 is 2.40 bits per heavy atom. The smallest absolute Gasteiger partial charge is 0.407 e. The van der Waals surface area contributed by atoms with Gasteiger partial charge in [0.1, 0.15) is 10.5 Å². The molecule has 1 aromatic carbocycles. The van der Waals surface area contributed by atoms with Crippen LogP contribution in [0.1, 0.15) is 46.1 Å². The number of rotatable bonds is 9. The zero-order chi connectivity index (χ0) is 22.9. The van der Waals surface area contributed by atoms with Crippen molar-refractivity contribution in [2.24, 2.45) is 5.73 Å². The topological polar surface area (TPSA) is 154 Å². The van der Waals surface area contributed by atoms with E-state index in [-0.39, 0.29) is 17.9 Å². The van der Waals surface area contributed by atoms with Crippen molar-refractivity contribution in [1.29, 1.82) is 0 Å². The van der Waals surface area contributed by atoms with Crippen LogP contribution < -0.4 is 16.4 Å². The van der Waals surface area contributed by atoms with Crippen molar-refractivity contribution in [1.82, 2.24) is 10.6 Å². The quantitative estimate of drug-likeness (QED) is 0.380. The Hall–Kier alpha value is -2.66. The zero-order valence-electron chi connectivity index (χ0n) is 17.6. The minimum atomic E-state index is -4.29. The number of hydrogen-bond acceptors (Lipinski definition) is 8. The fourth-order valence-corrected chi connectivity index (χ4v) is 3.52. The fourth-order valence-electron chi connectivity index (χ4n) is 2.34. The van der Waals surface area contributed by atoms with Gasteiger partial charge in [-0.1, -0.05) is 25.1 Å². The molecule has 1 unspecified atom stereocenters. The lowest BCUT2D eigenvalue weighted by Crippen LogP contribution is -2.44. The molecule has 1 aromatic rings. The lowest BCUT2D eigenvalue weighted by Gasteiger charge is -2.19. The summed E-state index contributed by atoms with van der Waals surface area (Å²) in [6, 6.07) is 6.18. The monoisotopic (exact) mass is 443 g/mol. The van der Waals surface area contributed by atoms with Gasteiger partial charge in [0.05, 0.1) is 12.6 Å². The summed E-state index contributed by atoms with van der Waals surface area (Å²) in [4.78, 5) is 35.2. The maximum atomic E-state index is 12.3. The Morgan fingerprint density at radius 1 is 1.17 bits per heavy atom. The predicted molar refractivity (Wildman–Crippen MR) is 109 cm³/mol. The number of benzene rings is 1. The predicted octanol–water partition coefficient (Wildman–Crippen LogP) is 1.19. The fraction of sp³-hybridized carbons (Fsp3) is 0.526. The Kier molecular flexibility index (Phi) is 9.24. The van der Waals surface area contributed by atoms with Gasteiger partial charge in [-0.25, -0.2) is 4.79 Å². The van der Waals surface area contributed by atoms with E-state index in [1.807, 2.05) is 0 Å². The minimum Gasteiger partial charge on any atom is -0.444 e. The van der Waals surface area contributed by atoms with E-state index in [0.29, 0.717) is 12.0 Å². The zero-order valence-corrected chi connectivity index (χ0v) is 18.4. The van der Waals surface area contributed by atoms with Gasteiger partial charge in [-0.05, 0) is 38.8 Å². The van der Waals surface area contributed by atoms with Crippen LogP contribution in [0.3, 0.4) is 0 Å². The molecule has 0 saturated heterocycles. The number of alkyl carbamates (subject to hydrolysis) is 1. The highest BCUT2D eigenvalue weighted by atomic mass is 32.2. The molecule has 168 valence electrons. The largest absolute Gasteiger partial charge is 0.444 e. The molecule has 0 heterocycles. The molecule has 4 N–H and O–H groups in total. The summed E-state index contributed by atoms with van der Waals surface area (Å²) in [7, 11) is -4.29. The van der Waals surface area contributed by atoms with E-state index in [1.54, 1.807) is 39.8 Å². The summed E-state index contributed by atoms with van der Waals surface area (Å²) in [6.07, 6.45) is -2.02. The summed E-state index contributed by atoms with van der Waals surface area (Å²) in [6.45, 7) is 6.90. The molecule has 0 aliphatic carbocycles. The van der Waals surface area contributed by atoms with Crippen LogP contribution in [0.25, 0.3) is 0 Å². The van der Waals surface area contributed by atoms with Crippen LogP contribution >= 0.6 is 0 Å². The third-order valence-corrected chi connectivity index (χ3v) is 4.92. The van der Waals surface area contributed by atoms with Crippen LogP contribution in [0.4, 0.5) is 4.79 Å². The third kappa shape index (κ3) is 9.23. The maximum Gasteiger partial charge on any atom is 0.407 e. The summed E-state index contributed by atoms with van der Waals surface area (Å²) in [5.74, 6) is -1.63. The van der Waals surface area contributed by atoms with E-state index < -0.39 is 46.3 Å². The molecule has 0 spiro atoms. The number of nitrogens with one attached hydrogen (secondary N) is 2. The number of carbonyl (C=O) groups excluding carboxylic acids is 3. The average molecular weight is 444 g/mol. The van der Waals surface area contributed by atoms with Gasteiger partial charge in [-0.2, -0.15) is 8.42 Å². The van der Waals surface area contributed by atoms with Gasteiger partial charge >= 0.3 is 22.2 Å². The molecule has 0 fully saturated rings. The molecule has 0 saturated carbocycles. The van der Waals surface area contributed by atoms with Crippen LogP contribution in [0.5, 0.6) is 0 Å². The van der Waals surface area contributed by atoms with Crippen LogP contribution in [0.2, 0.25) is 0 Å². The number of aryl methyl sites for hydroxylation is 1. The normalized spacial score (nSPS) is 12.6. The first-order chi connectivity index (χ1) is 13.8. The van der Waals surface area contributed by atoms with Crippen molar-refractivity contribution in [2.75, 3.05) is 6.54 Å². The third-order valence-electron chi connectivity index (χ3n) is 3.58. The summed E-state index contributed by atoms with van der Waals surface area (Å²) >= 11 is 0. The molecular weight excluding hydrogens is 414 g/mol. The van der Waals surface area contributed by atoms with Crippen LogP contribution in [-0.4, -0.2) is 44.7 Å². The highest BCUT2D eigenvalue weighted by Gasteiger charge is 2.24. The molecule has 11 heteroatoms. The Labute approximate surface area is 176 Å². The van der Waals surface area contributed by atoms with Crippen molar-refractivity contribution in [3.05, 3.63) is 29.8 Å². The SMILES string of the molecule is CCc1ccccc1S(=O)(=O)OC(=O)CC(N)NC(=O)CCNC(=O)OC(C)(C)C. The molecule has 0 radical (unpaired) electrons. The lowest BCUT2D eigenvalue weighted by atomic mass is 10.2. The second-order valence-electron chi connectivity index (χ2n) is 7.43. The van der Waals surface area contributed by atoms with E-state index in [2.05, 4.69) is 14.8 Å². The van der Waals surface area contributed by atoms with Gasteiger partial charge in [0.2, 0.25) is 5.91 Å². The first-order valence-corrected chi connectivity index (χ1v) is 10.8. The molecule has 10 nitrogen and oxygen atoms in total. The Morgan fingerprint density at radius 2 is 1.80 bits per heavy atom. The van der Waals surface area contributed by atoms with Gasteiger partial charge in [-0.3, -0.25) is 9.59 Å². The average Bonchev–Trinajstić information content (AvgIpc) is 2.59. The molecule has 2 amide bonds. The van der Waals surface area contributed by atoms with Crippen molar-refractivity contribution in [2.45, 2.75) is 63.6 Å². The van der Waals surface area contributed by atoms with E-state index in [0.717, 1.165) is 0 Å². The van der Waals surface area contributed by atoms with E-state index in [4.69, 9.17) is 10.5 Å². The number of carbonyl (C=O) groups is 3. The standard InChI is InChI=1S/C19H29N3O7S/c1-5-13-8-6-7-9-14(13)30(26,27)29-17(24)12-15(20)22-16(23)10-11-21-18(25)28-19(2,3)4/h6-9,15H,5,10-12,20H2,1-4H3,(H,21,25)(H,22,23). The van der Waals surface area contributed by atoms with E-state index in [1.165, 1.54) is 12.1 Å². The second kappa shape index (κ2) is 10.9. The summed E-state index contributed by atoms with van der Waals surface area (Å²) in [5, 5.41) is 4.74. The van der Waals surface area contributed by atoms with Gasteiger partial charge < -0.3 is 25.3 Å². The molecule has 0 aliphatic rings. The number of ether oxygens (including phenoxy) is 1. The highest BCUT2D eigenvalue weighted by Crippen LogP contribution is 2.19. The summed E-state index contributed by atoms with van der Waals surface area (Å²) in [5.41, 5.74) is 5.52. The van der Waals surface area contributed by atoms with Crippen molar-refractivity contribution < 1.29 is 31.7 Å². The van der Waals surface area contributed by atoms with Gasteiger partial charge in [0.25, 0.3) is 0 Å². The molecule has 0 aromatic heterocycles. The van der Waals surface area contributed by atoms with E-state index >= 15 is 0 Å².